The molecule has 31 heavy (non-hydrogen) atoms. The molecule has 3 aromatic rings. The zero-order valence-corrected chi connectivity index (χ0v) is 17.9. The molecule has 1 aliphatic heterocycles. The minimum Gasteiger partial charge on any atom is -0.396 e. The van der Waals surface area contributed by atoms with E-state index in [0.29, 0.717) is 28.8 Å². The van der Waals surface area contributed by atoms with Crippen molar-refractivity contribution in [2.45, 2.75) is 55.0 Å². The van der Waals surface area contributed by atoms with Crippen molar-refractivity contribution >= 4 is 38.3 Å². The lowest BCUT2D eigenvalue weighted by Gasteiger charge is -2.37. The summed E-state index contributed by atoms with van der Waals surface area (Å²) >= 11 is 0. The van der Waals surface area contributed by atoms with E-state index in [-0.39, 0.29) is 22.4 Å². The van der Waals surface area contributed by atoms with Gasteiger partial charge in [0, 0.05) is 29.6 Å². The number of nitrogens with zero attached hydrogens (tertiary/aromatic N) is 2. The Bertz CT molecular complexity index is 1240. The number of carbonyl (C=O) groups is 1. The molecule has 9 heteroatoms. The molecule has 1 aromatic carbocycles. The first-order chi connectivity index (χ1) is 14.9. The quantitative estimate of drug-likeness (QED) is 0.575. The molecule has 5 rings (SSSR count). The fraction of sp³-hybridized carbons (Fsp3) is 0.364. The third kappa shape index (κ3) is 3.42. The highest BCUT2D eigenvalue weighted by Crippen LogP contribution is 2.38. The van der Waals surface area contributed by atoms with Gasteiger partial charge in [0.15, 0.2) is 5.65 Å². The van der Waals surface area contributed by atoms with Gasteiger partial charge in [-0.15, -0.1) is 0 Å². The number of rotatable bonds is 4. The fourth-order valence-corrected chi connectivity index (χ4v) is 6.13. The maximum atomic E-state index is 13.1. The summed E-state index contributed by atoms with van der Waals surface area (Å²) in [5.74, 6) is 0.146. The van der Waals surface area contributed by atoms with Crippen LogP contribution in [0.25, 0.3) is 11.0 Å². The van der Waals surface area contributed by atoms with E-state index >= 15 is 0 Å². The lowest BCUT2D eigenvalue weighted by Crippen LogP contribution is -2.46. The van der Waals surface area contributed by atoms with Gasteiger partial charge in [0.1, 0.15) is 0 Å². The van der Waals surface area contributed by atoms with Gasteiger partial charge < -0.3 is 16.4 Å². The average molecular weight is 440 g/mol. The molecule has 0 unspecified atom stereocenters. The van der Waals surface area contributed by atoms with Crippen molar-refractivity contribution < 1.29 is 13.2 Å². The van der Waals surface area contributed by atoms with Crippen molar-refractivity contribution in [2.24, 2.45) is 0 Å². The minimum atomic E-state index is -3.76. The molecule has 0 radical (unpaired) electrons. The monoisotopic (exact) mass is 439 g/mol. The second-order valence-electron chi connectivity index (χ2n) is 8.50. The number of hydrogen-bond acceptors (Lipinski definition) is 6. The van der Waals surface area contributed by atoms with Crippen LogP contribution in [0.4, 0.5) is 11.4 Å². The van der Waals surface area contributed by atoms with Crippen molar-refractivity contribution in [3.05, 3.63) is 48.8 Å². The van der Waals surface area contributed by atoms with Gasteiger partial charge in [0.05, 0.1) is 22.5 Å². The summed E-state index contributed by atoms with van der Waals surface area (Å²) in [5.41, 5.74) is 7.71. The van der Waals surface area contributed by atoms with Crippen molar-refractivity contribution in [2.75, 3.05) is 11.1 Å². The molecular weight excluding hydrogens is 414 g/mol. The van der Waals surface area contributed by atoms with E-state index in [1.54, 1.807) is 36.4 Å². The van der Waals surface area contributed by atoms with Crippen molar-refractivity contribution in [3.63, 3.8) is 0 Å². The van der Waals surface area contributed by atoms with Crippen molar-refractivity contribution in [3.8, 4) is 0 Å². The Morgan fingerprint density at radius 1 is 1.13 bits per heavy atom. The Morgan fingerprint density at radius 3 is 2.55 bits per heavy atom. The van der Waals surface area contributed by atoms with Crippen LogP contribution in [0.2, 0.25) is 0 Å². The third-order valence-electron chi connectivity index (χ3n) is 6.54. The predicted octanol–water partition coefficient (Wildman–Crippen LogP) is 2.86. The van der Waals surface area contributed by atoms with Gasteiger partial charge in [0.25, 0.3) is 10.0 Å². The van der Waals surface area contributed by atoms with Crippen LogP contribution in [0, 0.1) is 0 Å². The molecule has 3 heterocycles. The number of hydrogen-bond donors (Lipinski definition) is 3. The lowest BCUT2D eigenvalue weighted by molar-refractivity contribution is -0.120. The van der Waals surface area contributed by atoms with E-state index in [9.17, 15) is 13.2 Å². The van der Waals surface area contributed by atoms with Crippen LogP contribution < -0.4 is 16.4 Å². The molecule has 2 aliphatic rings. The molecule has 2 fully saturated rings. The second-order valence-corrected chi connectivity index (χ2v) is 10.3. The summed E-state index contributed by atoms with van der Waals surface area (Å²) in [6.45, 7) is 0. The highest BCUT2D eigenvalue weighted by Gasteiger charge is 2.40. The van der Waals surface area contributed by atoms with Crippen LogP contribution in [-0.2, 0) is 14.8 Å². The number of amides is 1. The van der Waals surface area contributed by atoms with Gasteiger partial charge in [-0.05, 0) is 50.3 Å². The SMILES string of the molecule is Nc1cnc2c(ccn2S(=O)(=O)c2ccccc2)c1NC1CCC2(CCC(=O)N2)CC1. The molecule has 4 N–H and O–H groups in total. The Labute approximate surface area is 180 Å². The first-order valence-electron chi connectivity index (χ1n) is 10.5. The summed E-state index contributed by atoms with van der Waals surface area (Å²) in [5, 5.41) is 7.36. The molecule has 1 aliphatic carbocycles. The Balaban J connectivity index is 1.43. The van der Waals surface area contributed by atoms with Gasteiger partial charge in [0.2, 0.25) is 5.91 Å². The number of anilines is 2. The number of nitrogen functional groups attached to an aromatic ring is 1. The normalized spacial score (nSPS) is 23.9. The summed E-state index contributed by atoms with van der Waals surface area (Å²) in [6.07, 6.45) is 8.21. The molecule has 1 saturated heterocycles. The molecule has 8 nitrogen and oxygen atoms in total. The predicted molar refractivity (Wildman–Crippen MR) is 119 cm³/mol. The van der Waals surface area contributed by atoms with Crippen LogP contribution >= 0.6 is 0 Å². The summed E-state index contributed by atoms with van der Waals surface area (Å²) in [6, 6.07) is 10.2. The zero-order valence-electron chi connectivity index (χ0n) is 17.0. The molecule has 1 amide bonds. The number of nitrogens with one attached hydrogen (secondary N) is 2. The summed E-state index contributed by atoms with van der Waals surface area (Å²) in [7, 11) is -3.76. The molecule has 162 valence electrons. The second kappa shape index (κ2) is 7.26. The molecule has 1 spiro atoms. The first-order valence-corrected chi connectivity index (χ1v) is 12.0. The van der Waals surface area contributed by atoms with Gasteiger partial charge in [-0.25, -0.2) is 17.4 Å². The van der Waals surface area contributed by atoms with Crippen LogP contribution in [0.1, 0.15) is 38.5 Å². The number of carbonyl (C=O) groups excluding carboxylic acids is 1. The van der Waals surface area contributed by atoms with E-state index in [4.69, 9.17) is 5.73 Å². The molecule has 0 atom stereocenters. The van der Waals surface area contributed by atoms with Crippen LogP contribution in [0.5, 0.6) is 0 Å². The van der Waals surface area contributed by atoms with E-state index < -0.39 is 10.0 Å². The van der Waals surface area contributed by atoms with Crippen LogP contribution in [0.3, 0.4) is 0 Å². The Hall–Kier alpha value is -3.07. The average Bonchev–Trinajstić information content (AvgIpc) is 3.37. The van der Waals surface area contributed by atoms with Crippen LogP contribution in [-0.4, -0.2) is 34.9 Å². The highest BCUT2D eigenvalue weighted by atomic mass is 32.2. The molecule has 1 saturated carbocycles. The maximum absolute atomic E-state index is 13.1. The largest absolute Gasteiger partial charge is 0.396 e. The van der Waals surface area contributed by atoms with E-state index in [2.05, 4.69) is 15.6 Å². The number of pyridine rings is 1. The van der Waals surface area contributed by atoms with Crippen LogP contribution in [0.15, 0.2) is 53.7 Å². The number of aromatic nitrogens is 2. The number of benzene rings is 1. The smallest absolute Gasteiger partial charge is 0.269 e. The van der Waals surface area contributed by atoms with Gasteiger partial charge >= 0.3 is 0 Å². The Morgan fingerprint density at radius 2 is 1.87 bits per heavy atom. The molecule has 2 aromatic heterocycles. The summed E-state index contributed by atoms with van der Waals surface area (Å²) < 4.78 is 27.4. The van der Waals surface area contributed by atoms with E-state index in [1.165, 1.54) is 16.4 Å². The lowest BCUT2D eigenvalue weighted by atomic mass is 9.78. The van der Waals surface area contributed by atoms with E-state index in [0.717, 1.165) is 32.1 Å². The zero-order chi connectivity index (χ0) is 21.6. The van der Waals surface area contributed by atoms with E-state index in [1.807, 2.05) is 0 Å². The number of nitrogens with two attached hydrogens (primary N) is 1. The number of fused-ring (bicyclic) bond motifs is 1. The first kappa shape index (κ1) is 19.9. The fourth-order valence-electron chi connectivity index (χ4n) is 4.81. The molecular formula is C22H25N5O3S. The molecule has 0 bridgehead atoms. The van der Waals surface area contributed by atoms with Gasteiger partial charge in [-0.2, -0.15) is 0 Å². The standard InChI is InChI=1S/C22H25N5O3S/c23-18-14-24-21-17(9-13-27(21)31(29,30)16-4-2-1-3-5-16)20(18)25-15-6-10-22(11-7-15)12-8-19(28)26-22/h1-5,9,13-15H,6-8,10-12,23H2,(H,24,25)(H,26,28). The summed E-state index contributed by atoms with van der Waals surface area (Å²) in [4.78, 5) is 16.2. The van der Waals surface area contributed by atoms with Gasteiger partial charge in [-0.1, -0.05) is 18.2 Å². The van der Waals surface area contributed by atoms with Gasteiger partial charge in [-0.3, -0.25) is 4.79 Å². The minimum absolute atomic E-state index is 0.0541. The topological polar surface area (TPSA) is 119 Å². The highest BCUT2D eigenvalue weighted by molar-refractivity contribution is 7.90. The van der Waals surface area contributed by atoms with Crippen molar-refractivity contribution in [1.29, 1.82) is 0 Å². The maximum Gasteiger partial charge on any atom is 0.269 e. The Kier molecular flexibility index (Phi) is 4.65. The third-order valence-corrected chi connectivity index (χ3v) is 8.22. The van der Waals surface area contributed by atoms with Crippen molar-refractivity contribution in [1.82, 2.24) is 14.3 Å².